The second-order valence-electron chi connectivity index (χ2n) is 6.71. The van der Waals surface area contributed by atoms with Crippen molar-refractivity contribution < 1.29 is 4.79 Å². The smallest absolute Gasteiger partial charge is 0.225 e. The lowest BCUT2D eigenvalue weighted by Crippen LogP contribution is -2.41. The Morgan fingerprint density at radius 2 is 2.03 bits per heavy atom. The molecule has 3 N–H and O–H groups in total. The van der Waals surface area contributed by atoms with Crippen molar-refractivity contribution in [1.29, 1.82) is 0 Å². The van der Waals surface area contributed by atoms with Gasteiger partial charge in [0.2, 0.25) is 5.91 Å². The molecule has 0 spiro atoms. The minimum atomic E-state index is 0. The van der Waals surface area contributed by atoms with Crippen LogP contribution in [0.25, 0.3) is 5.65 Å². The van der Waals surface area contributed by atoms with Gasteiger partial charge in [0.25, 0.3) is 0 Å². The number of anilines is 1. The molecule has 1 aromatic carbocycles. The van der Waals surface area contributed by atoms with Crippen LogP contribution in [0, 0.1) is 0 Å². The number of nitrogens with zero attached hydrogens (tertiary/aromatic N) is 4. The molecule has 1 unspecified atom stereocenters. The van der Waals surface area contributed by atoms with E-state index in [0.29, 0.717) is 25.5 Å². The summed E-state index contributed by atoms with van der Waals surface area (Å²) < 4.78 is 1.98. The van der Waals surface area contributed by atoms with Crippen LogP contribution in [-0.4, -0.2) is 46.6 Å². The highest BCUT2D eigenvalue weighted by molar-refractivity contribution is 14.0. The molecule has 2 aromatic heterocycles. The summed E-state index contributed by atoms with van der Waals surface area (Å²) in [4.78, 5) is 16.2. The van der Waals surface area contributed by atoms with Crippen molar-refractivity contribution in [1.82, 2.24) is 25.2 Å². The first kappa shape index (κ1) is 21.0. The summed E-state index contributed by atoms with van der Waals surface area (Å²) in [5, 5.41) is 18.0. The van der Waals surface area contributed by atoms with Gasteiger partial charge in [0.1, 0.15) is 5.82 Å². The van der Waals surface area contributed by atoms with Crippen LogP contribution in [-0.2, 0) is 11.2 Å². The molecule has 0 bridgehead atoms. The van der Waals surface area contributed by atoms with Crippen LogP contribution < -0.4 is 16.0 Å². The van der Waals surface area contributed by atoms with Gasteiger partial charge in [-0.05, 0) is 23.8 Å². The van der Waals surface area contributed by atoms with Gasteiger partial charge in [-0.2, -0.15) is 0 Å². The van der Waals surface area contributed by atoms with Gasteiger partial charge in [-0.1, -0.05) is 24.3 Å². The van der Waals surface area contributed by atoms with Crippen molar-refractivity contribution in [3.63, 3.8) is 0 Å². The topological polar surface area (TPSA) is 95.7 Å². The standard InChI is InChI=1S/C20H23N7O.HI/c1-21-20(22-10-9-18-26-25-17-8-4-5-11-27(17)18)23-13-14-12-19(28)24-16-7-3-2-6-15(14)16;/h2-8,11,14H,9-10,12-13H2,1H3,(H,24,28)(H2,21,22,23);1H. The molecule has 3 aromatic rings. The van der Waals surface area contributed by atoms with Crippen LogP contribution in [0.3, 0.4) is 0 Å². The van der Waals surface area contributed by atoms with Crippen LogP contribution in [0.1, 0.15) is 23.7 Å². The van der Waals surface area contributed by atoms with E-state index >= 15 is 0 Å². The van der Waals surface area contributed by atoms with Gasteiger partial charge in [-0.25, -0.2) is 0 Å². The average Bonchev–Trinajstić information content (AvgIpc) is 3.13. The normalized spacial score (nSPS) is 16.0. The minimum Gasteiger partial charge on any atom is -0.356 e. The van der Waals surface area contributed by atoms with Crippen molar-refractivity contribution in [2.75, 3.05) is 25.5 Å². The maximum Gasteiger partial charge on any atom is 0.225 e. The number of carbonyl (C=O) groups excluding carboxylic acids is 1. The highest BCUT2D eigenvalue weighted by Gasteiger charge is 2.24. The highest BCUT2D eigenvalue weighted by atomic mass is 127. The quantitative estimate of drug-likeness (QED) is 0.281. The molecular weight excluding hydrogens is 481 g/mol. The molecule has 1 aliphatic heterocycles. The molecule has 152 valence electrons. The highest BCUT2D eigenvalue weighted by Crippen LogP contribution is 2.31. The summed E-state index contributed by atoms with van der Waals surface area (Å²) in [7, 11) is 1.74. The molecule has 0 fully saturated rings. The summed E-state index contributed by atoms with van der Waals surface area (Å²) in [5.74, 6) is 1.77. The second-order valence-corrected chi connectivity index (χ2v) is 6.71. The maximum atomic E-state index is 12.0. The van der Waals surface area contributed by atoms with Gasteiger partial charge in [-0.15, -0.1) is 34.2 Å². The van der Waals surface area contributed by atoms with Crippen LogP contribution >= 0.6 is 24.0 Å². The lowest BCUT2D eigenvalue weighted by Gasteiger charge is -2.26. The fraction of sp³-hybridized carbons (Fsp3) is 0.300. The molecule has 0 saturated heterocycles. The third-order valence-corrected chi connectivity index (χ3v) is 4.87. The molecule has 1 aliphatic rings. The largest absolute Gasteiger partial charge is 0.356 e. The molecule has 3 heterocycles. The lowest BCUT2D eigenvalue weighted by molar-refractivity contribution is -0.116. The third kappa shape index (κ3) is 4.84. The Morgan fingerprint density at radius 1 is 1.21 bits per heavy atom. The minimum absolute atomic E-state index is 0. The van der Waals surface area contributed by atoms with E-state index < -0.39 is 0 Å². The van der Waals surface area contributed by atoms with E-state index in [-0.39, 0.29) is 35.8 Å². The maximum absolute atomic E-state index is 12.0. The number of amides is 1. The summed E-state index contributed by atoms with van der Waals surface area (Å²) in [5.41, 5.74) is 2.89. The number of nitrogens with one attached hydrogen (secondary N) is 3. The van der Waals surface area contributed by atoms with E-state index in [0.717, 1.165) is 29.1 Å². The zero-order chi connectivity index (χ0) is 19.3. The predicted octanol–water partition coefficient (Wildman–Crippen LogP) is 2.18. The monoisotopic (exact) mass is 505 g/mol. The molecule has 9 heteroatoms. The lowest BCUT2D eigenvalue weighted by atomic mass is 9.90. The van der Waals surface area contributed by atoms with Crippen molar-refractivity contribution in [2.45, 2.75) is 18.8 Å². The van der Waals surface area contributed by atoms with Crippen molar-refractivity contribution in [3.05, 3.63) is 60.0 Å². The van der Waals surface area contributed by atoms with E-state index in [1.54, 1.807) is 7.05 Å². The number of carbonyl (C=O) groups is 1. The van der Waals surface area contributed by atoms with Gasteiger partial charge in [0, 0.05) is 50.8 Å². The number of aliphatic imine (C=N–C) groups is 1. The van der Waals surface area contributed by atoms with Gasteiger partial charge >= 0.3 is 0 Å². The Kier molecular flexibility index (Phi) is 7.02. The number of rotatable bonds is 5. The van der Waals surface area contributed by atoms with Gasteiger partial charge in [-0.3, -0.25) is 14.2 Å². The van der Waals surface area contributed by atoms with Crippen molar-refractivity contribution in [2.24, 2.45) is 4.99 Å². The van der Waals surface area contributed by atoms with Gasteiger partial charge in [0.05, 0.1) is 0 Å². The number of pyridine rings is 1. The molecule has 29 heavy (non-hydrogen) atoms. The number of aromatic nitrogens is 3. The summed E-state index contributed by atoms with van der Waals surface area (Å²) in [6.45, 7) is 1.31. The van der Waals surface area contributed by atoms with E-state index in [4.69, 9.17) is 0 Å². The van der Waals surface area contributed by atoms with Crippen LogP contribution in [0.15, 0.2) is 53.7 Å². The van der Waals surface area contributed by atoms with E-state index in [1.807, 2.05) is 47.0 Å². The molecule has 4 rings (SSSR count). The summed E-state index contributed by atoms with van der Waals surface area (Å²) >= 11 is 0. The number of halogens is 1. The fourth-order valence-corrected chi connectivity index (χ4v) is 3.48. The number of guanidine groups is 1. The second kappa shape index (κ2) is 9.68. The van der Waals surface area contributed by atoms with Crippen molar-refractivity contribution in [3.8, 4) is 0 Å². The Labute approximate surface area is 186 Å². The Bertz CT molecular complexity index is 1020. The zero-order valence-corrected chi connectivity index (χ0v) is 18.5. The number of benzene rings is 1. The molecule has 0 aliphatic carbocycles. The Hall–Kier alpha value is -2.69. The first-order chi connectivity index (χ1) is 13.7. The number of para-hydroxylation sites is 1. The number of fused-ring (bicyclic) bond motifs is 2. The first-order valence-corrected chi connectivity index (χ1v) is 9.36. The van der Waals surface area contributed by atoms with E-state index in [9.17, 15) is 4.79 Å². The molecule has 0 radical (unpaired) electrons. The van der Waals surface area contributed by atoms with Gasteiger partial charge < -0.3 is 16.0 Å². The third-order valence-electron chi connectivity index (χ3n) is 4.87. The molecule has 1 atom stereocenters. The molecule has 1 amide bonds. The van der Waals surface area contributed by atoms with E-state index in [2.05, 4.69) is 37.2 Å². The summed E-state index contributed by atoms with van der Waals surface area (Å²) in [6.07, 6.45) is 3.15. The van der Waals surface area contributed by atoms with Crippen LogP contribution in [0.4, 0.5) is 5.69 Å². The van der Waals surface area contributed by atoms with Gasteiger partial charge in [0.15, 0.2) is 11.6 Å². The fourth-order valence-electron chi connectivity index (χ4n) is 3.48. The number of hydrogen-bond donors (Lipinski definition) is 3. The molecular formula is C20H24IN7O. The average molecular weight is 505 g/mol. The summed E-state index contributed by atoms with van der Waals surface area (Å²) in [6, 6.07) is 13.8. The predicted molar refractivity (Wildman–Crippen MR) is 124 cm³/mol. The SMILES string of the molecule is CN=C(NCCc1nnc2ccccn12)NCC1CC(=O)Nc2ccccc21.I. The van der Waals surface area contributed by atoms with Crippen LogP contribution in [0.2, 0.25) is 0 Å². The van der Waals surface area contributed by atoms with E-state index in [1.165, 1.54) is 0 Å². The number of hydrogen-bond acceptors (Lipinski definition) is 4. The van der Waals surface area contributed by atoms with Crippen molar-refractivity contribution >= 4 is 47.2 Å². The Balaban J connectivity index is 0.00000240. The van der Waals surface area contributed by atoms with Crippen LogP contribution in [0.5, 0.6) is 0 Å². The first-order valence-electron chi connectivity index (χ1n) is 9.36. The molecule has 8 nitrogen and oxygen atoms in total. The zero-order valence-electron chi connectivity index (χ0n) is 16.1. The Morgan fingerprint density at radius 3 is 2.90 bits per heavy atom. The molecule has 0 saturated carbocycles.